The minimum atomic E-state index is -0.475. The first-order valence-corrected chi connectivity index (χ1v) is 12.4. The van der Waals surface area contributed by atoms with E-state index in [-0.39, 0.29) is 11.5 Å². The molecule has 180 valence electrons. The van der Waals surface area contributed by atoms with E-state index in [2.05, 4.69) is 6.92 Å². The second-order valence-corrected chi connectivity index (χ2v) is 9.47. The minimum absolute atomic E-state index is 0.135. The number of aryl methyl sites for hydroxylation is 1. The van der Waals surface area contributed by atoms with Crippen molar-refractivity contribution in [2.75, 3.05) is 6.54 Å². The summed E-state index contributed by atoms with van der Waals surface area (Å²) in [6, 6.07) is 19.1. The van der Waals surface area contributed by atoms with E-state index < -0.39 is 6.04 Å². The van der Waals surface area contributed by atoms with Crippen molar-refractivity contribution in [3.8, 4) is 5.69 Å². The molecule has 7 heteroatoms. The van der Waals surface area contributed by atoms with Crippen molar-refractivity contribution in [2.45, 2.75) is 39.7 Å². The van der Waals surface area contributed by atoms with Crippen LogP contribution in [0.4, 0.5) is 0 Å². The van der Waals surface area contributed by atoms with Crippen molar-refractivity contribution in [3.63, 3.8) is 0 Å². The molecular formula is C28H27Cl2N3O2. The fraction of sp³-hybridized carbons (Fsp3) is 0.250. The lowest BCUT2D eigenvalue weighted by Gasteiger charge is -2.31. The molecule has 4 aromatic rings. The van der Waals surface area contributed by atoms with Crippen molar-refractivity contribution in [1.29, 1.82) is 0 Å². The van der Waals surface area contributed by atoms with Crippen LogP contribution in [0.15, 0.2) is 71.5 Å². The van der Waals surface area contributed by atoms with Crippen LogP contribution in [-0.4, -0.2) is 26.9 Å². The average molecular weight is 508 g/mol. The predicted octanol–water partition coefficient (Wildman–Crippen LogP) is 7.00. The zero-order chi connectivity index (χ0) is 25.1. The molecule has 0 fully saturated rings. The second-order valence-electron chi connectivity index (χ2n) is 8.59. The van der Waals surface area contributed by atoms with E-state index >= 15 is 0 Å². The highest BCUT2D eigenvalue weighted by molar-refractivity contribution is 6.31. The van der Waals surface area contributed by atoms with Gasteiger partial charge in [-0.2, -0.15) is 0 Å². The highest BCUT2D eigenvalue weighted by Crippen LogP contribution is 2.27. The molecule has 0 saturated carbocycles. The molecule has 0 aliphatic rings. The van der Waals surface area contributed by atoms with Crippen LogP contribution in [-0.2, 0) is 0 Å². The van der Waals surface area contributed by atoms with Crippen molar-refractivity contribution in [3.05, 3.63) is 104 Å². The molecule has 5 nitrogen and oxygen atoms in total. The van der Waals surface area contributed by atoms with E-state index in [0.717, 1.165) is 18.4 Å². The summed E-state index contributed by atoms with van der Waals surface area (Å²) in [5.74, 6) is 0.363. The van der Waals surface area contributed by atoms with Gasteiger partial charge in [-0.1, -0.05) is 48.7 Å². The molecular weight excluding hydrogens is 481 g/mol. The lowest BCUT2D eigenvalue weighted by molar-refractivity contribution is 0.0678. The topological polar surface area (TPSA) is 55.2 Å². The van der Waals surface area contributed by atoms with Crippen LogP contribution < -0.4 is 5.56 Å². The standard InChI is InChI=1S/C28H27Cl2N3O2/c1-4-5-16-32(27(34)20-10-12-21(29)13-11-20)19(3)26-31-24-9-7-6-8-23(24)28(35)33(26)25-15-14-22(30)17-18(25)2/h6-15,17,19H,4-5,16H2,1-3H3. The van der Waals surface area contributed by atoms with E-state index in [0.29, 0.717) is 44.6 Å². The van der Waals surface area contributed by atoms with Crippen molar-refractivity contribution in [1.82, 2.24) is 14.5 Å². The molecule has 1 aromatic heterocycles. The second kappa shape index (κ2) is 10.6. The number of fused-ring (bicyclic) bond motifs is 1. The zero-order valence-corrected chi connectivity index (χ0v) is 21.5. The van der Waals surface area contributed by atoms with Gasteiger partial charge in [0.25, 0.3) is 11.5 Å². The smallest absolute Gasteiger partial charge is 0.266 e. The molecule has 0 aliphatic carbocycles. The third kappa shape index (κ3) is 5.12. The van der Waals surface area contributed by atoms with Gasteiger partial charge in [0, 0.05) is 22.2 Å². The highest BCUT2D eigenvalue weighted by Gasteiger charge is 2.27. The predicted molar refractivity (Wildman–Crippen MR) is 143 cm³/mol. The monoisotopic (exact) mass is 507 g/mol. The molecule has 0 N–H and O–H groups in total. The Balaban J connectivity index is 1.92. The van der Waals surface area contributed by atoms with E-state index in [9.17, 15) is 9.59 Å². The maximum Gasteiger partial charge on any atom is 0.266 e. The van der Waals surface area contributed by atoms with Gasteiger partial charge in [-0.3, -0.25) is 14.2 Å². The third-order valence-electron chi connectivity index (χ3n) is 6.15. The van der Waals surface area contributed by atoms with Gasteiger partial charge in [0.2, 0.25) is 0 Å². The Labute approximate surface area is 214 Å². The number of carbonyl (C=O) groups excluding carboxylic acids is 1. The van der Waals surface area contributed by atoms with Crippen molar-refractivity contribution in [2.24, 2.45) is 0 Å². The van der Waals surface area contributed by atoms with Crippen LogP contribution in [0.25, 0.3) is 16.6 Å². The van der Waals surface area contributed by atoms with E-state index in [1.54, 1.807) is 45.9 Å². The van der Waals surface area contributed by atoms with Gasteiger partial charge in [0.1, 0.15) is 5.82 Å². The first kappa shape index (κ1) is 25.0. The summed E-state index contributed by atoms with van der Waals surface area (Å²) in [6.07, 6.45) is 1.74. The summed E-state index contributed by atoms with van der Waals surface area (Å²) < 4.78 is 1.62. The maximum atomic E-state index is 13.8. The molecule has 0 aliphatic heterocycles. The van der Waals surface area contributed by atoms with Crippen LogP contribution >= 0.6 is 23.2 Å². The number of carbonyl (C=O) groups is 1. The lowest BCUT2D eigenvalue weighted by atomic mass is 10.1. The number of amides is 1. The van der Waals surface area contributed by atoms with Crippen molar-refractivity contribution >= 4 is 40.0 Å². The fourth-order valence-corrected chi connectivity index (χ4v) is 4.58. The molecule has 3 aromatic carbocycles. The van der Waals surface area contributed by atoms with Gasteiger partial charge in [0.15, 0.2) is 0 Å². The van der Waals surface area contributed by atoms with E-state index in [1.807, 2.05) is 44.2 Å². The molecule has 0 bridgehead atoms. The summed E-state index contributed by atoms with van der Waals surface area (Å²) in [5.41, 5.74) is 2.48. The molecule has 1 atom stereocenters. The number of nitrogens with zero attached hydrogens (tertiary/aromatic N) is 3. The average Bonchev–Trinajstić information content (AvgIpc) is 2.85. The largest absolute Gasteiger partial charge is 0.329 e. The summed E-state index contributed by atoms with van der Waals surface area (Å²) in [7, 11) is 0. The normalized spacial score (nSPS) is 12.0. The van der Waals surface area contributed by atoms with Gasteiger partial charge in [-0.05, 0) is 80.4 Å². The molecule has 0 spiro atoms. The van der Waals surface area contributed by atoms with Gasteiger partial charge in [-0.25, -0.2) is 4.98 Å². The molecule has 1 heterocycles. The maximum absolute atomic E-state index is 13.8. The number of rotatable bonds is 7. The SMILES string of the molecule is CCCCN(C(=O)c1ccc(Cl)cc1)C(C)c1nc2ccccc2c(=O)n1-c1ccc(Cl)cc1C. The number of unbranched alkanes of at least 4 members (excludes halogenated alkanes) is 1. The molecule has 0 radical (unpaired) electrons. The van der Waals surface area contributed by atoms with Gasteiger partial charge < -0.3 is 4.90 Å². The molecule has 0 saturated heterocycles. The van der Waals surface area contributed by atoms with Crippen LogP contribution in [0.1, 0.15) is 54.5 Å². The molecule has 1 unspecified atom stereocenters. The molecule has 35 heavy (non-hydrogen) atoms. The number of para-hydroxylation sites is 1. The van der Waals surface area contributed by atoms with Gasteiger partial charge in [-0.15, -0.1) is 0 Å². The van der Waals surface area contributed by atoms with Crippen LogP contribution in [0.2, 0.25) is 10.0 Å². The Morgan fingerprint density at radius 2 is 1.71 bits per heavy atom. The highest BCUT2D eigenvalue weighted by atomic mass is 35.5. The Hall–Kier alpha value is -3.15. The number of halogens is 2. The summed E-state index contributed by atoms with van der Waals surface area (Å²) in [6.45, 7) is 6.44. The number of aromatic nitrogens is 2. The first-order chi connectivity index (χ1) is 16.8. The Bertz CT molecular complexity index is 1430. The quantitative estimate of drug-likeness (QED) is 0.270. The minimum Gasteiger partial charge on any atom is -0.329 e. The molecule has 4 rings (SSSR count). The summed E-state index contributed by atoms with van der Waals surface area (Å²) >= 11 is 12.2. The number of benzene rings is 3. The zero-order valence-electron chi connectivity index (χ0n) is 20.0. The molecule has 1 amide bonds. The summed E-state index contributed by atoms with van der Waals surface area (Å²) in [5, 5.41) is 1.67. The Morgan fingerprint density at radius 1 is 1.03 bits per heavy atom. The van der Waals surface area contributed by atoms with Gasteiger partial charge in [0.05, 0.1) is 22.6 Å². The third-order valence-corrected chi connectivity index (χ3v) is 6.63. The van der Waals surface area contributed by atoms with Crippen LogP contribution in [0.3, 0.4) is 0 Å². The first-order valence-electron chi connectivity index (χ1n) is 11.7. The van der Waals surface area contributed by atoms with Crippen LogP contribution in [0.5, 0.6) is 0 Å². The number of hydrogen-bond donors (Lipinski definition) is 0. The fourth-order valence-electron chi connectivity index (χ4n) is 4.23. The van der Waals surface area contributed by atoms with Crippen LogP contribution in [0, 0.1) is 6.92 Å². The Kier molecular flexibility index (Phi) is 7.58. The van der Waals surface area contributed by atoms with Crippen molar-refractivity contribution < 1.29 is 4.79 Å². The lowest BCUT2D eigenvalue weighted by Crippen LogP contribution is -2.38. The van der Waals surface area contributed by atoms with E-state index in [1.165, 1.54) is 0 Å². The van der Waals surface area contributed by atoms with E-state index in [4.69, 9.17) is 28.2 Å². The summed E-state index contributed by atoms with van der Waals surface area (Å²) in [4.78, 5) is 34.1. The van der Waals surface area contributed by atoms with Gasteiger partial charge >= 0.3 is 0 Å². The Morgan fingerprint density at radius 3 is 2.40 bits per heavy atom. The number of hydrogen-bond acceptors (Lipinski definition) is 3.